The summed E-state index contributed by atoms with van der Waals surface area (Å²) >= 11 is 5.67. The Bertz CT molecular complexity index is 687. The number of rotatable bonds is 5. The number of halogens is 1. The summed E-state index contributed by atoms with van der Waals surface area (Å²) < 4.78 is 26.7. The van der Waals surface area contributed by atoms with Crippen LogP contribution in [0.5, 0.6) is 0 Å². The van der Waals surface area contributed by atoms with E-state index in [1.807, 2.05) is 12.1 Å². The number of aromatic nitrogens is 2. The van der Waals surface area contributed by atoms with E-state index in [0.717, 1.165) is 18.4 Å². The summed E-state index contributed by atoms with van der Waals surface area (Å²) in [7, 11) is -3.67. The summed E-state index contributed by atoms with van der Waals surface area (Å²) in [6.45, 7) is 2.07. The van der Waals surface area contributed by atoms with Crippen LogP contribution < -0.4 is 4.72 Å². The zero-order chi connectivity index (χ0) is 14.6. The fraction of sp³-hybridized carbons (Fsp3) is 0.231. The van der Waals surface area contributed by atoms with Crippen LogP contribution in [0.15, 0.2) is 41.6 Å². The standard InChI is InChI=1S/C13H14ClN3O2S/c1-2-3-10-4-6-11(7-5-10)20(18,19)17-13-9-15-8-12(14)16-13/h4-9H,2-3H2,1H3,(H,16,17). The molecule has 1 N–H and O–H groups in total. The Balaban J connectivity index is 2.21. The quantitative estimate of drug-likeness (QED) is 0.921. The van der Waals surface area contributed by atoms with Gasteiger partial charge in [-0.2, -0.15) is 0 Å². The molecule has 0 radical (unpaired) electrons. The van der Waals surface area contributed by atoms with Crippen molar-refractivity contribution in [1.29, 1.82) is 0 Å². The Kier molecular flexibility index (Phi) is 4.57. The average Bonchev–Trinajstić information content (AvgIpc) is 2.39. The number of hydrogen-bond donors (Lipinski definition) is 1. The zero-order valence-corrected chi connectivity index (χ0v) is 12.4. The van der Waals surface area contributed by atoms with Crippen molar-refractivity contribution in [2.75, 3.05) is 4.72 Å². The molecule has 0 aliphatic carbocycles. The minimum absolute atomic E-state index is 0.0927. The second-order valence-electron chi connectivity index (χ2n) is 4.23. The third-order valence-corrected chi connectivity index (χ3v) is 4.17. The van der Waals surface area contributed by atoms with Gasteiger partial charge < -0.3 is 0 Å². The molecule has 0 fully saturated rings. The molecule has 0 saturated carbocycles. The van der Waals surface area contributed by atoms with Gasteiger partial charge in [-0.1, -0.05) is 37.1 Å². The molecule has 1 aromatic carbocycles. The van der Waals surface area contributed by atoms with E-state index < -0.39 is 10.0 Å². The van der Waals surface area contributed by atoms with Gasteiger partial charge in [-0.25, -0.2) is 13.4 Å². The van der Waals surface area contributed by atoms with Crippen molar-refractivity contribution >= 4 is 27.4 Å². The first-order valence-electron chi connectivity index (χ1n) is 6.10. The molecule has 20 heavy (non-hydrogen) atoms. The molecule has 106 valence electrons. The normalized spacial score (nSPS) is 11.3. The summed E-state index contributed by atoms with van der Waals surface area (Å²) in [5, 5.41) is 0.128. The van der Waals surface area contributed by atoms with Crippen molar-refractivity contribution in [3.05, 3.63) is 47.4 Å². The predicted molar refractivity (Wildman–Crippen MR) is 78.3 cm³/mol. The van der Waals surface area contributed by atoms with E-state index >= 15 is 0 Å². The first-order chi connectivity index (χ1) is 9.51. The van der Waals surface area contributed by atoms with Gasteiger partial charge in [0.25, 0.3) is 10.0 Å². The molecule has 0 unspecified atom stereocenters. The number of hydrogen-bond acceptors (Lipinski definition) is 4. The fourth-order valence-electron chi connectivity index (χ4n) is 1.71. The molecule has 1 aromatic heterocycles. The monoisotopic (exact) mass is 311 g/mol. The molecule has 0 aliphatic rings. The maximum atomic E-state index is 12.2. The van der Waals surface area contributed by atoms with Gasteiger partial charge in [0.15, 0.2) is 5.82 Å². The molecule has 0 bridgehead atoms. The fourth-order valence-corrected chi connectivity index (χ4v) is 2.85. The van der Waals surface area contributed by atoms with Crippen molar-refractivity contribution < 1.29 is 8.42 Å². The summed E-state index contributed by atoms with van der Waals surface area (Å²) in [6, 6.07) is 6.76. The van der Waals surface area contributed by atoms with Crippen molar-refractivity contribution in [2.45, 2.75) is 24.7 Å². The second-order valence-corrected chi connectivity index (χ2v) is 6.30. The Labute approximate surface area is 123 Å². The van der Waals surface area contributed by atoms with Crippen LogP contribution >= 0.6 is 11.6 Å². The SMILES string of the molecule is CCCc1ccc(S(=O)(=O)Nc2cncc(Cl)n2)cc1. The van der Waals surface area contributed by atoms with E-state index in [-0.39, 0.29) is 15.9 Å². The van der Waals surface area contributed by atoms with E-state index in [1.54, 1.807) is 12.1 Å². The highest BCUT2D eigenvalue weighted by molar-refractivity contribution is 7.92. The highest BCUT2D eigenvalue weighted by atomic mass is 35.5. The molecule has 5 nitrogen and oxygen atoms in total. The highest BCUT2D eigenvalue weighted by Gasteiger charge is 2.15. The number of anilines is 1. The zero-order valence-electron chi connectivity index (χ0n) is 10.9. The lowest BCUT2D eigenvalue weighted by Crippen LogP contribution is -2.14. The molecular formula is C13H14ClN3O2S. The largest absolute Gasteiger partial charge is 0.263 e. The maximum absolute atomic E-state index is 12.2. The average molecular weight is 312 g/mol. The Morgan fingerprint density at radius 3 is 2.50 bits per heavy atom. The van der Waals surface area contributed by atoms with Gasteiger partial charge in [-0.15, -0.1) is 0 Å². The van der Waals surface area contributed by atoms with Crippen LogP contribution in [-0.2, 0) is 16.4 Å². The maximum Gasteiger partial charge on any atom is 0.263 e. The van der Waals surface area contributed by atoms with Crippen LogP contribution in [0.4, 0.5) is 5.82 Å². The van der Waals surface area contributed by atoms with Gasteiger partial charge in [0.05, 0.1) is 17.3 Å². The molecule has 1 heterocycles. The van der Waals surface area contributed by atoms with Gasteiger partial charge in [0, 0.05) is 0 Å². The van der Waals surface area contributed by atoms with Crippen molar-refractivity contribution in [3.63, 3.8) is 0 Å². The van der Waals surface area contributed by atoms with E-state index in [1.165, 1.54) is 12.4 Å². The van der Waals surface area contributed by atoms with E-state index in [0.29, 0.717) is 0 Å². The smallest absolute Gasteiger partial charge is 0.262 e. The topological polar surface area (TPSA) is 72.0 Å². The van der Waals surface area contributed by atoms with Crippen LogP contribution in [0.2, 0.25) is 5.15 Å². The first kappa shape index (κ1) is 14.7. The molecule has 0 aliphatic heterocycles. The van der Waals surface area contributed by atoms with E-state index in [2.05, 4.69) is 21.6 Å². The number of nitrogens with one attached hydrogen (secondary N) is 1. The summed E-state index contributed by atoms with van der Waals surface area (Å²) in [6.07, 6.45) is 4.57. The van der Waals surface area contributed by atoms with Crippen LogP contribution in [0, 0.1) is 0 Å². The van der Waals surface area contributed by atoms with Crippen molar-refractivity contribution in [3.8, 4) is 0 Å². The Morgan fingerprint density at radius 2 is 1.90 bits per heavy atom. The first-order valence-corrected chi connectivity index (χ1v) is 7.96. The van der Waals surface area contributed by atoms with Crippen LogP contribution in [0.3, 0.4) is 0 Å². The molecule has 0 atom stereocenters. The van der Waals surface area contributed by atoms with Gasteiger partial charge in [-0.3, -0.25) is 9.71 Å². The Hall–Kier alpha value is -1.66. The summed E-state index contributed by atoms with van der Waals surface area (Å²) in [4.78, 5) is 7.80. The van der Waals surface area contributed by atoms with E-state index in [4.69, 9.17) is 11.6 Å². The molecule has 2 rings (SSSR count). The number of sulfonamides is 1. The van der Waals surface area contributed by atoms with Crippen molar-refractivity contribution in [2.24, 2.45) is 0 Å². The molecule has 0 saturated heterocycles. The molecule has 0 spiro atoms. The lowest BCUT2D eigenvalue weighted by molar-refractivity contribution is 0.601. The molecule has 2 aromatic rings. The molecule has 0 amide bonds. The third-order valence-electron chi connectivity index (χ3n) is 2.62. The van der Waals surface area contributed by atoms with Crippen molar-refractivity contribution in [1.82, 2.24) is 9.97 Å². The van der Waals surface area contributed by atoms with Crippen LogP contribution in [0.25, 0.3) is 0 Å². The molecule has 7 heteroatoms. The minimum Gasteiger partial charge on any atom is -0.262 e. The summed E-state index contributed by atoms with van der Waals surface area (Å²) in [5.41, 5.74) is 1.11. The summed E-state index contributed by atoms with van der Waals surface area (Å²) in [5.74, 6) is 0.0927. The van der Waals surface area contributed by atoms with Gasteiger partial charge >= 0.3 is 0 Å². The number of benzene rings is 1. The predicted octanol–water partition coefficient (Wildman–Crippen LogP) is 2.88. The van der Waals surface area contributed by atoms with Crippen LogP contribution in [-0.4, -0.2) is 18.4 Å². The van der Waals surface area contributed by atoms with Gasteiger partial charge in [-0.05, 0) is 24.1 Å². The Morgan fingerprint density at radius 1 is 1.20 bits per heavy atom. The van der Waals surface area contributed by atoms with Gasteiger partial charge in [0.2, 0.25) is 0 Å². The lowest BCUT2D eigenvalue weighted by Gasteiger charge is -2.07. The minimum atomic E-state index is -3.67. The number of nitrogens with zero attached hydrogens (tertiary/aromatic N) is 2. The molecular weight excluding hydrogens is 298 g/mol. The third kappa shape index (κ3) is 3.68. The number of aryl methyl sites for hydroxylation is 1. The highest BCUT2D eigenvalue weighted by Crippen LogP contribution is 2.16. The van der Waals surface area contributed by atoms with Crippen LogP contribution in [0.1, 0.15) is 18.9 Å². The second kappa shape index (κ2) is 6.19. The van der Waals surface area contributed by atoms with E-state index in [9.17, 15) is 8.42 Å². The lowest BCUT2D eigenvalue weighted by atomic mass is 10.1. The van der Waals surface area contributed by atoms with Gasteiger partial charge in [0.1, 0.15) is 5.15 Å².